The zero-order chi connectivity index (χ0) is 14.2. The fraction of sp³-hybridized carbons (Fsp3) is 0.385. The van der Waals surface area contributed by atoms with E-state index in [2.05, 4.69) is 15.5 Å². The molecule has 1 aromatic heterocycles. The van der Waals surface area contributed by atoms with Gasteiger partial charge < -0.3 is 9.84 Å². The molecule has 3 rings (SSSR count). The second-order valence-electron chi connectivity index (χ2n) is 4.94. The zero-order valence-corrected chi connectivity index (χ0v) is 11.9. The number of rotatable bonds is 3. The standard InChI is InChI=1S/C13H15N3O3S/c1-20(17,18)11-4-2-9(3-5-11)12-15-13(19-16-12)10-6-7-14-8-10/h2-5,10,14H,6-8H2,1H3/t10-/m0/s1. The van der Waals surface area contributed by atoms with Gasteiger partial charge in [0.25, 0.3) is 0 Å². The highest BCUT2D eigenvalue weighted by atomic mass is 32.2. The molecule has 1 saturated heterocycles. The summed E-state index contributed by atoms with van der Waals surface area (Å²) in [4.78, 5) is 4.67. The molecule has 0 unspecified atom stereocenters. The molecular weight excluding hydrogens is 278 g/mol. The van der Waals surface area contributed by atoms with Crippen molar-refractivity contribution in [3.63, 3.8) is 0 Å². The van der Waals surface area contributed by atoms with Crippen LogP contribution in [0.25, 0.3) is 11.4 Å². The van der Waals surface area contributed by atoms with Crippen molar-refractivity contribution in [2.24, 2.45) is 0 Å². The summed E-state index contributed by atoms with van der Waals surface area (Å²) in [5.41, 5.74) is 0.748. The fourth-order valence-corrected chi connectivity index (χ4v) is 2.87. The highest BCUT2D eigenvalue weighted by molar-refractivity contribution is 7.90. The molecule has 2 aromatic rings. The monoisotopic (exact) mass is 293 g/mol. The fourth-order valence-electron chi connectivity index (χ4n) is 2.23. The molecule has 1 fully saturated rings. The van der Waals surface area contributed by atoms with Crippen LogP contribution in [0.5, 0.6) is 0 Å². The van der Waals surface area contributed by atoms with Gasteiger partial charge in [-0.3, -0.25) is 0 Å². The van der Waals surface area contributed by atoms with E-state index >= 15 is 0 Å². The molecule has 0 radical (unpaired) electrons. The lowest BCUT2D eigenvalue weighted by molar-refractivity contribution is 0.359. The third-order valence-electron chi connectivity index (χ3n) is 3.39. The summed E-state index contributed by atoms with van der Waals surface area (Å²) >= 11 is 0. The largest absolute Gasteiger partial charge is 0.339 e. The van der Waals surface area contributed by atoms with E-state index in [9.17, 15) is 8.42 Å². The van der Waals surface area contributed by atoms with Crippen molar-refractivity contribution in [1.29, 1.82) is 0 Å². The second kappa shape index (κ2) is 4.99. The number of hydrogen-bond donors (Lipinski definition) is 1. The van der Waals surface area contributed by atoms with Gasteiger partial charge in [0.1, 0.15) is 0 Å². The van der Waals surface area contributed by atoms with Gasteiger partial charge in [0.2, 0.25) is 11.7 Å². The molecule has 1 atom stereocenters. The van der Waals surface area contributed by atoms with Crippen LogP contribution >= 0.6 is 0 Å². The van der Waals surface area contributed by atoms with Gasteiger partial charge in [-0.15, -0.1) is 0 Å². The van der Waals surface area contributed by atoms with Crippen LogP contribution in [0.2, 0.25) is 0 Å². The van der Waals surface area contributed by atoms with Crippen molar-refractivity contribution < 1.29 is 12.9 Å². The smallest absolute Gasteiger partial charge is 0.231 e. The molecule has 0 saturated carbocycles. The van der Waals surface area contributed by atoms with Crippen LogP contribution in [-0.4, -0.2) is 37.9 Å². The second-order valence-corrected chi connectivity index (χ2v) is 6.96. The first kappa shape index (κ1) is 13.3. The topological polar surface area (TPSA) is 85.1 Å². The summed E-state index contributed by atoms with van der Waals surface area (Å²) in [6, 6.07) is 6.49. The Hall–Kier alpha value is -1.73. The van der Waals surface area contributed by atoms with Gasteiger partial charge in [-0.05, 0) is 37.2 Å². The van der Waals surface area contributed by atoms with Crippen LogP contribution in [0, 0.1) is 0 Å². The van der Waals surface area contributed by atoms with E-state index in [1.807, 2.05) is 0 Å². The van der Waals surface area contributed by atoms with E-state index in [0.717, 1.165) is 25.1 Å². The molecule has 0 spiro atoms. The predicted molar refractivity (Wildman–Crippen MR) is 73.1 cm³/mol. The van der Waals surface area contributed by atoms with Crippen molar-refractivity contribution in [2.75, 3.05) is 19.3 Å². The van der Waals surface area contributed by atoms with E-state index in [1.54, 1.807) is 24.3 Å². The predicted octanol–water partition coefficient (Wildman–Crippen LogP) is 1.22. The summed E-state index contributed by atoms with van der Waals surface area (Å²) in [5, 5.41) is 7.21. The average molecular weight is 293 g/mol. The van der Waals surface area contributed by atoms with Crippen LogP contribution in [0.3, 0.4) is 0 Å². The third-order valence-corrected chi connectivity index (χ3v) is 4.52. The number of benzene rings is 1. The molecular formula is C13H15N3O3S. The van der Waals surface area contributed by atoms with Crippen LogP contribution in [-0.2, 0) is 9.84 Å². The molecule has 1 aliphatic rings. The van der Waals surface area contributed by atoms with Gasteiger partial charge >= 0.3 is 0 Å². The van der Waals surface area contributed by atoms with Crippen molar-refractivity contribution in [3.05, 3.63) is 30.2 Å². The van der Waals surface area contributed by atoms with Crippen LogP contribution in [0.15, 0.2) is 33.7 Å². The lowest BCUT2D eigenvalue weighted by Gasteiger charge is -1.99. The highest BCUT2D eigenvalue weighted by Gasteiger charge is 2.23. The summed E-state index contributed by atoms with van der Waals surface area (Å²) in [5.74, 6) is 1.40. The van der Waals surface area contributed by atoms with Crippen LogP contribution in [0.1, 0.15) is 18.2 Å². The molecule has 0 aliphatic carbocycles. The Morgan fingerprint density at radius 2 is 2.05 bits per heavy atom. The summed E-state index contributed by atoms with van der Waals surface area (Å²) in [6.45, 7) is 1.82. The van der Waals surface area contributed by atoms with Crippen molar-refractivity contribution in [3.8, 4) is 11.4 Å². The van der Waals surface area contributed by atoms with Gasteiger partial charge in [-0.1, -0.05) is 5.16 Å². The summed E-state index contributed by atoms with van der Waals surface area (Å²) < 4.78 is 28.1. The first-order valence-electron chi connectivity index (χ1n) is 6.39. The highest BCUT2D eigenvalue weighted by Crippen LogP contribution is 2.24. The SMILES string of the molecule is CS(=O)(=O)c1ccc(-c2noc([C@H]3CCNC3)n2)cc1. The maximum atomic E-state index is 11.4. The van der Waals surface area contributed by atoms with Gasteiger partial charge in [0.15, 0.2) is 9.84 Å². The van der Waals surface area contributed by atoms with E-state index in [-0.39, 0.29) is 10.8 Å². The van der Waals surface area contributed by atoms with Crippen LogP contribution in [0.4, 0.5) is 0 Å². The molecule has 1 aliphatic heterocycles. The molecule has 1 aromatic carbocycles. The Morgan fingerprint density at radius 1 is 1.30 bits per heavy atom. The molecule has 0 bridgehead atoms. The molecule has 106 valence electrons. The minimum atomic E-state index is -3.18. The van der Waals surface area contributed by atoms with Crippen molar-refractivity contribution >= 4 is 9.84 Å². The van der Waals surface area contributed by atoms with Gasteiger partial charge in [-0.2, -0.15) is 4.98 Å². The number of aromatic nitrogens is 2. The molecule has 2 heterocycles. The van der Waals surface area contributed by atoms with E-state index in [0.29, 0.717) is 11.7 Å². The quantitative estimate of drug-likeness (QED) is 0.915. The van der Waals surface area contributed by atoms with E-state index in [4.69, 9.17) is 4.52 Å². The van der Waals surface area contributed by atoms with Gasteiger partial charge in [0, 0.05) is 18.4 Å². The molecule has 0 amide bonds. The zero-order valence-electron chi connectivity index (χ0n) is 11.0. The number of nitrogens with zero attached hydrogens (tertiary/aromatic N) is 2. The molecule has 1 N–H and O–H groups in total. The molecule has 7 heteroatoms. The Morgan fingerprint density at radius 3 is 2.65 bits per heavy atom. The van der Waals surface area contributed by atoms with Gasteiger partial charge in [0.05, 0.1) is 10.8 Å². The Bertz CT molecular complexity index is 701. The first-order valence-corrected chi connectivity index (χ1v) is 8.28. The number of nitrogens with one attached hydrogen (secondary N) is 1. The van der Waals surface area contributed by atoms with E-state index < -0.39 is 9.84 Å². The summed E-state index contributed by atoms with van der Waals surface area (Å²) in [6.07, 6.45) is 2.18. The van der Waals surface area contributed by atoms with Gasteiger partial charge in [-0.25, -0.2) is 8.42 Å². The van der Waals surface area contributed by atoms with Crippen molar-refractivity contribution in [2.45, 2.75) is 17.2 Å². The Balaban J connectivity index is 1.86. The Kier molecular flexibility index (Phi) is 3.31. The van der Waals surface area contributed by atoms with Crippen LogP contribution < -0.4 is 5.32 Å². The number of sulfone groups is 1. The number of hydrogen-bond acceptors (Lipinski definition) is 6. The van der Waals surface area contributed by atoms with E-state index in [1.165, 1.54) is 6.26 Å². The maximum absolute atomic E-state index is 11.4. The molecule has 20 heavy (non-hydrogen) atoms. The Labute approximate surface area is 117 Å². The third kappa shape index (κ3) is 2.59. The average Bonchev–Trinajstić information content (AvgIpc) is 3.09. The minimum Gasteiger partial charge on any atom is -0.339 e. The molecule has 6 nitrogen and oxygen atoms in total. The summed E-state index contributed by atoms with van der Waals surface area (Å²) in [7, 11) is -3.18. The lowest BCUT2D eigenvalue weighted by atomic mass is 10.1. The maximum Gasteiger partial charge on any atom is 0.231 e. The minimum absolute atomic E-state index is 0.270. The lowest BCUT2D eigenvalue weighted by Crippen LogP contribution is -2.08. The first-order chi connectivity index (χ1) is 9.54. The van der Waals surface area contributed by atoms with Crippen molar-refractivity contribution in [1.82, 2.24) is 15.5 Å². The normalized spacial score (nSPS) is 19.4.